The SMILES string of the molecule is [Al+3].[CH2-]C.[CH]1[CH][CH][CH][CH]1.[CH]1[CH][CH][CH][CH]1. The summed E-state index contributed by atoms with van der Waals surface area (Å²) in [4.78, 5) is 0. The maximum Gasteiger partial charge on any atom is 3.00 e. The van der Waals surface area contributed by atoms with Crippen LogP contribution >= 0.6 is 0 Å². The molecule has 2 rings (SSSR count). The van der Waals surface area contributed by atoms with Crippen molar-refractivity contribution in [1.82, 2.24) is 0 Å². The second-order valence-electron chi connectivity index (χ2n) is 1.92. The van der Waals surface area contributed by atoms with Crippen LogP contribution in [-0.4, -0.2) is 17.4 Å². The Bertz CT molecular complexity index is 38.3. The van der Waals surface area contributed by atoms with Gasteiger partial charge in [-0.2, -0.15) is 6.92 Å². The van der Waals surface area contributed by atoms with Crippen LogP contribution in [0.4, 0.5) is 0 Å². The van der Waals surface area contributed by atoms with Crippen LogP contribution in [0.3, 0.4) is 0 Å². The third-order valence-electron chi connectivity index (χ3n) is 1.11. The normalized spacial score (nSPS) is 18.9. The Kier molecular flexibility index (Phi) is 18.5. The fourth-order valence-electron chi connectivity index (χ4n) is 0.642. The van der Waals surface area contributed by atoms with Gasteiger partial charge in [-0.25, -0.2) is 0 Å². The molecule has 0 bridgehead atoms. The fraction of sp³-hybridized carbons (Fsp3) is 0.0833. The number of hydrogen-bond donors (Lipinski definition) is 0. The van der Waals surface area contributed by atoms with Crippen molar-refractivity contribution in [3.63, 3.8) is 0 Å². The van der Waals surface area contributed by atoms with Crippen LogP contribution in [-0.2, 0) is 0 Å². The molecule has 2 fully saturated rings. The second kappa shape index (κ2) is 15.0. The molecule has 0 saturated heterocycles. The van der Waals surface area contributed by atoms with Crippen LogP contribution in [0.2, 0.25) is 0 Å². The maximum atomic E-state index is 3.25. The number of rotatable bonds is 0. The molecule has 13 heavy (non-hydrogen) atoms. The molecule has 0 aromatic heterocycles. The van der Waals surface area contributed by atoms with Crippen LogP contribution in [0.25, 0.3) is 0 Å². The van der Waals surface area contributed by atoms with Gasteiger partial charge in [0, 0.05) is 0 Å². The van der Waals surface area contributed by atoms with E-state index in [1.807, 2.05) is 64.2 Å². The second-order valence-corrected chi connectivity index (χ2v) is 1.92. The molecule has 0 unspecified atom stereocenters. The average molecular weight is 186 g/mol. The summed E-state index contributed by atoms with van der Waals surface area (Å²) in [7, 11) is 0. The summed E-state index contributed by atoms with van der Waals surface area (Å²) in [6.45, 7) is 5.00. The van der Waals surface area contributed by atoms with E-state index in [0.29, 0.717) is 0 Å². The molecule has 0 nitrogen and oxygen atoms in total. The van der Waals surface area contributed by atoms with E-state index in [-0.39, 0.29) is 17.4 Å². The minimum absolute atomic E-state index is 0. The fourth-order valence-corrected chi connectivity index (χ4v) is 0.642. The van der Waals surface area contributed by atoms with Gasteiger partial charge in [0.1, 0.15) is 0 Å². The first-order valence-electron chi connectivity index (χ1n) is 4.04. The molecule has 2 aliphatic rings. The standard InChI is InChI=1S/2C5H5.C2H5.Al/c2*1-2-4-5-3-1;1-2;/h2*1-5H;1H2,2H3;/q;;-1;+3. The van der Waals surface area contributed by atoms with E-state index >= 15 is 0 Å². The topological polar surface area (TPSA) is 0 Å². The van der Waals surface area contributed by atoms with Gasteiger partial charge in [0.25, 0.3) is 0 Å². The predicted octanol–water partition coefficient (Wildman–Crippen LogP) is 2.50. The van der Waals surface area contributed by atoms with Crippen LogP contribution in [0.15, 0.2) is 0 Å². The minimum atomic E-state index is 0. The van der Waals surface area contributed by atoms with E-state index in [4.69, 9.17) is 0 Å². The maximum absolute atomic E-state index is 3.25. The van der Waals surface area contributed by atoms with Gasteiger partial charge in [-0.3, -0.25) is 0 Å². The summed E-state index contributed by atoms with van der Waals surface area (Å²) in [6.07, 6.45) is 20.0. The molecular weight excluding hydrogens is 171 g/mol. The van der Waals surface area contributed by atoms with Crippen molar-refractivity contribution in [2.24, 2.45) is 0 Å². The van der Waals surface area contributed by atoms with E-state index in [1.54, 1.807) is 6.92 Å². The molecule has 0 aromatic carbocycles. The molecule has 0 N–H and O–H groups in total. The van der Waals surface area contributed by atoms with E-state index in [2.05, 4.69) is 6.92 Å². The summed E-state index contributed by atoms with van der Waals surface area (Å²) in [5.74, 6) is 0. The van der Waals surface area contributed by atoms with Gasteiger partial charge in [0.15, 0.2) is 0 Å². The Balaban J connectivity index is 0. The zero-order valence-corrected chi connectivity index (χ0v) is 9.21. The zero-order valence-electron chi connectivity index (χ0n) is 8.06. The van der Waals surface area contributed by atoms with Crippen LogP contribution < -0.4 is 0 Å². The molecule has 2 saturated carbocycles. The zero-order chi connectivity index (χ0) is 9.07. The summed E-state index contributed by atoms with van der Waals surface area (Å²) in [5.41, 5.74) is 0. The smallest absolute Gasteiger partial charge is 0.346 e. The van der Waals surface area contributed by atoms with Crippen molar-refractivity contribution >= 4 is 17.4 Å². The van der Waals surface area contributed by atoms with Gasteiger partial charge >= 0.3 is 17.4 Å². The largest absolute Gasteiger partial charge is 3.00 e. The van der Waals surface area contributed by atoms with Crippen molar-refractivity contribution in [2.75, 3.05) is 0 Å². The van der Waals surface area contributed by atoms with Crippen molar-refractivity contribution in [1.29, 1.82) is 0 Å². The van der Waals surface area contributed by atoms with Crippen LogP contribution in [0.1, 0.15) is 6.92 Å². The molecule has 0 amide bonds. The molecule has 0 spiro atoms. The van der Waals surface area contributed by atoms with Gasteiger partial charge in [-0.05, 0) is 64.2 Å². The van der Waals surface area contributed by atoms with E-state index in [1.165, 1.54) is 0 Å². The summed E-state index contributed by atoms with van der Waals surface area (Å²) in [5, 5.41) is 0. The first-order valence-corrected chi connectivity index (χ1v) is 4.04. The minimum Gasteiger partial charge on any atom is -0.346 e. The quantitative estimate of drug-likeness (QED) is 0.403. The Morgan fingerprint density at radius 2 is 0.538 bits per heavy atom. The molecule has 10 radical (unpaired) electrons. The van der Waals surface area contributed by atoms with Gasteiger partial charge in [-0.15, -0.1) is 0 Å². The molecular formula is C12H15Al+2. The first kappa shape index (κ1) is 16.0. The van der Waals surface area contributed by atoms with E-state index in [0.717, 1.165) is 0 Å². The third-order valence-corrected chi connectivity index (χ3v) is 1.11. The van der Waals surface area contributed by atoms with Gasteiger partial charge < -0.3 is 6.92 Å². The first-order chi connectivity index (χ1) is 6.00. The summed E-state index contributed by atoms with van der Waals surface area (Å²) < 4.78 is 0. The van der Waals surface area contributed by atoms with Crippen molar-refractivity contribution in [2.45, 2.75) is 6.92 Å². The Labute approximate surface area is 95.6 Å². The predicted molar refractivity (Wildman–Crippen MR) is 59.8 cm³/mol. The Morgan fingerprint density at radius 3 is 0.615 bits per heavy atom. The Hall–Kier alpha value is 0.532. The van der Waals surface area contributed by atoms with Crippen molar-refractivity contribution < 1.29 is 0 Å². The number of hydrogen-bond acceptors (Lipinski definition) is 0. The van der Waals surface area contributed by atoms with E-state index in [9.17, 15) is 0 Å². The molecule has 0 aliphatic heterocycles. The van der Waals surface area contributed by atoms with Crippen LogP contribution in [0.5, 0.6) is 0 Å². The van der Waals surface area contributed by atoms with Gasteiger partial charge in [-0.1, -0.05) is 0 Å². The van der Waals surface area contributed by atoms with Gasteiger partial charge in [0.2, 0.25) is 0 Å². The summed E-state index contributed by atoms with van der Waals surface area (Å²) in [6, 6.07) is 0. The molecule has 64 valence electrons. The van der Waals surface area contributed by atoms with Crippen LogP contribution in [0, 0.1) is 71.1 Å². The summed E-state index contributed by atoms with van der Waals surface area (Å²) >= 11 is 0. The average Bonchev–Trinajstić information content (AvgIpc) is 2.87. The molecule has 2 aliphatic carbocycles. The van der Waals surface area contributed by atoms with E-state index < -0.39 is 0 Å². The van der Waals surface area contributed by atoms with Crippen molar-refractivity contribution in [3.05, 3.63) is 71.1 Å². The molecule has 0 heterocycles. The molecule has 0 atom stereocenters. The third kappa shape index (κ3) is 12.5. The van der Waals surface area contributed by atoms with Crippen molar-refractivity contribution in [3.8, 4) is 0 Å². The Morgan fingerprint density at radius 1 is 0.462 bits per heavy atom. The molecule has 1 heteroatoms. The molecule has 0 aromatic rings. The van der Waals surface area contributed by atoms with Gasteiger partial charge in [0.05, 0.1) is 0 Å². The monoisotopic (exact) mass is 186 g/mol.